The van der Waals surface area contributed by atoms with Crippen LogP contribution in [0.4, 0.5) is 0 Å². The van der Waals surface area contributed by atoms with Crippen molar-refractivity contribution >= 4 is 159 Å². The zero-order chi connectivity index (χ0) is 74.3. The van der Waals surface area contributed by atoms with E-state index >= 15 is 0 Å². The van der Waals surface area contributed by atoms with E-state index in [4.69, 9.17) is 53.6 Å². The fraction of sp³-hybridized carbons (Fsp3) is 0.450. The molecule has 58 heavy (non-hydrogen) atoms. The lowest BCUT2D eigenvalue weighted by molar-refractivity contribution is 0.0677. The summed E-state index contributed by atoms with van der Waals surface area (Å²) in [6.45, 7) is -46.9. The van der Waals surface area contributed by atoms with Crippen LogP contribution in [0.1, 0.15) is 179 Å². The van der Waals surface area contributed by atoms with E-state index in [1.165, 1.54) is 0 Å². The van der Waals surface area contributed by atoms with Crippen molar-refractivity contribution in [1.29, 1.82) is 4.29 Å². The van der Waals surface area contributed by atoms with Gasteiger partial charge in [-0.1, -0.05) is 0 Å². The molecule has 0 amide bonds. The molecule has 0 aliphatic carbocycles. The molecule has 0 aromatic heterocycles. The highest BCUT2D eigenvalue weighted by Gasteiger charge is 2.54. The molecule has 3 N–H and O–H groups in total. The summed E-state index contributed by atoms with van der Waals surface area (Å²) in [4.78, 5) is 31.8. The highest BCUT2D eigenvalue weighted by molar-refractivity contribution is 8.23. The molecule has 1 radical (unpaired) electrons. The maximum Gasteiger partial charge on any atom is 0.338 e. The standard InChI is InChI=1S/C40H39O6S12/c1-35(2)47-20-14(21-27(54-36(3,4)48-21)17(32(41)42)26(20)53-35)13(15-22-28(55-37(5,6)49-22)18(33(43)44)29-23(15)50-38(7,8)56-29)16-24-30(57-39(9,10)51-24)19(34(45)46)31-25(16)52-40(11,12)58-31/h1-12H3,(H,41,42)(H,43,44)(H,45,46)/i1D3,2D3,3D3,4D3,5D3,6D3,7D3,8D3,9D3,10D3,11D3,12D3/hD3. The highest BCUT2D eigenvalue weighted by Crippen LogP contribution is 2.74. The zero-order valence-electron chi connectivity index (χ0n) is 66.3. The van der Waals surface area contributed by atoms with Crippen LogP contribution in [-0.2, 0) is 0 Å². The van der Waals surface area contributed by atoms with E-state index in [1.807, 2.05) is 0 Å². The van der Waals surface area contributed by atoms with Gasteiger partial charge < -0.3 is 15.3 Å². The third-order valence-electron chi connectivity index (χ3n) is 8.27. The third-order valence-corrected chi connectivity index (χ3v) is 22.8. The number of aromatic carboxylic acids is 3. The average molecular weight is 1040 g/mol. The SMILES string of the molecule is [2H]OC(=O)c1c2c(c([C](c3c4c(c(C(=O)O[2H])c5c3SC(C([2H])([2H])[2H])(C([2H])([2H])[2H])S5)SC(C([2H])([2H])[2H])(C([2H])([2H])[2H])S4)c3c4c(c(C(=O)O[2H])c5c3SC(C([2H])([2H])[2H])(C([2H])([2H])[2H])S5)SC(C([2H])([2H])[2H])(C([2H])([2H])[2H])S4)c3c1SC(C([2H])([2H])[2H])(C([2H])([2H])[2H])S3)SC(C([2H])([2H])[2H])(C([2H])([2H])[2H])S2. The van der Waals surface area contributed by atoms with Gasteiger partial charge in [0.05, 0.1) is 47.1 Å². The third kappa shape index (κ3) is 7.04. The Hall–Kier alpha value is 0.270. The first-order valence-electron chi connectivity index (χ1n) is 34.3. The van der Waals surface area contributed by atoms with Crippen molar-refractivity contribution in [3.8, 4) is 0 Å². The Morgan fingerprint density at radius 3 is 0.621 bits per heavy atom. The van der Waals surface area contributed by atoms with Gasteiger partial charge in [-0.15, -0.1) is 141 Å². The molecule has 6 aliphatic heterocycles. The monoisotopic (exact) mass is 1040 g/mol. The molecule has 3 aromatic carbocycles. The number of hydrogen-bond donors (Lipinski definition) is 3. The largest absolute Gasteiger partial charge is 0.478 e. The van der Waals surface area contributed by atoms with Crippen LogP contribution in [0.2, 0.25) is 0 Å². The van der Waals surface area contributed by atoms with Crippen LogP contribution in [0, 0.1) is 5.92 Å². The molecule has 0 spiro atoms. The Labute approximate surface area is 445 Å². The van der Waals surface area contributed by atoms with Gasteiger partial charge >= 0.3 is 17.9 Å². The lowest BCUT2D eigenvalue weighted by Gasteiger charge is -2.31. The minimum absolute atomic E-state index is 0.242. The number of benzene rings is 3. The molecule has 6 nitrogen and oxygen atoms in total. The van der Waals surface area contributed by atoms with E-state index in [9.17, 15) is 14.4 Å². The molecule has 0 unspecified atom stereocenters. The Kier molecular flexibility index (Phi) is 4.13. The van der Waals surface area contributed by atoms with E-state index in [0.29, 0.717) is 0 Å². The van der Waals surface area contributed by atoms with Gasteiger partial charge in [0, 0.05) is 108 Å². The van der Waals surface area contributed by atoms with Crippen LogP contribution in [0.5, 0.6) is 0 Å². The van der Waals surface area contributed by atoms with Crippen molar-refractivity contribution in [3.05, 3.63) is 39.3 Å². The number of carboxylic acids is 3. The second-order valence-electron chi connectivity index (χ2n) is 12.4. The summed E-state index contributed by atoms with van der Waals surface area (Å²) < 4.78 is 327. The molecule has 0 bridgehead atoms. The topological polar surface area (TPSA) is 112 Å². The zero-order valence-corrected chi connectivity index (χ0v) is 37.1. The van der Waals surface area contributed by atoms with Crippen molar-refractivity contribution < 1.29 is 79.1 Å². The van der Waals surface area contributed by atoms with Crippen LogP contribution in [0.3, 0.4) is 0 Å². The maximum atomic E-state index is 14.7. The molecule has 0 saturated carbocycles. The van der Waals surface area contributed by atoms with E-state index in [2.05, 4.69) is 15.3 Å². The van der Waals surface area contributed by atoms with Crippen molar-refractivity contribution in [2.75, 3.05) is 0 Å². The number of rotatable bonds is 6. The molecule has 9 rings (SSSR count). The number of fused-ring (bicyclic) bond motifs is 6. The highest BCUT2D eigenvalue weighted by atomic mass is 32.2. The van der Waals surface area contributed by atoms with E-state index < -0.39 is 223 Å². The van der Waals surface area contributed by atoms with Crippen LogP contribution >= 0.6 is 141 Å². The Bertz CT molecular complexity index is 3170. The summed E-state index contributed by atoms with van der Waals surface area (Å²) in [5.74, 6) is -7.04. The van der Waals surface area contributed by atoms with Gasteiger partial charge in [-0.25, -0.2) is 14.4 Å². The molecule has 3 aromatic rings. The Morgan fingerprint density at radius 2 is 0.483 bits per heavy atom. The molecule has 0 saturated heterocycles. The lowest BCUT2D eigenvalue weighted by atomic mass is 9.83. The van der Waals surface area contributed by atoms with Gasteiger partial charge in [0.2, 0.25) is 0 Å². The summed E-state index contributed by atoms with van der Waals surface area (Å²) in [6.07, 6.45) is 0. The first-order chi connectivity index (χ1) is 43.2. The van der Waals surface area contributed by atoms with E-state index in [1.54, 1.807) is 0 Å². The molecule has 0 atom stereocenters. The van der Waals surface area contributed by atoms with Gasteiger partial charge in [0.1, 0.15) is 0 Å². The quantitative estimate of drug-likeness (QED) is 0.203. The number of hydrogen-bond acceptors (Lipinski definition) is 18. The molecular formula is C40H39O6S12. The second kappa shape index (κ2) is 13.9. The van der Waals surface area contributed by atoms with Crippen LogP contribution in [0.15, 0.2) is 58.7 Å². The fourth-order valence-electron chi connectivity index (χ4n) is 6.61. The first-order valence-corrected chi connectivity index (χ1v) is 24.9. The summed E-state index contributed by atoms with van der Waals surface area (Å²) in [5.41, 5.74) is -6.95. The van der Waals surface area contributed by atoms with Gasteiger partial charge in [0.25, 0.3) is 4.29 Å². The smallest absolute Gasteiger partial charge is 0.338 e. The van der Waals surface area contributed by atoms with E-state index in [0.717, 1.165) is 0 Å². The van der Waals surface area contributed by atoms with Gasteiger partial charge in [-0.05, 0) is 98.9 Å². The maximum absolute atomic E-state index is 14.7. The van der Waals surface area contributed by atoms with Crippen LogP contribution in [0.25, 0.3) is 4.29 Å². The predicted molar refractivity (Wildman–Crippen MR) is 256 cm³/mol. The minimum Gasteiger partial charge on any atom is -0.478 e. The molecule has 307 valence electrons. The van der Waals surface area contributed by atoms with E-state index in [-0.39, 0.29) is 141 Å². The molecule has 18 heteroatoms. The van der Waals surface area contributed by atoms with Crippen LogP contribution < -0.4 is 0 Å². The molecular weight excluding hydrogens is 961 g/mol. The minimum atomic E-state index is -3.91. The average Bonchev–Trinajstić information content (AvgIpc) is 1.51. The van der Waals surface area contributed by atoms with Crippen molar-refractivity contribution in [2.24, 2.45) is 0 Å². The Morgan fingerprint density at radius 1 is 0.328 bits per heavy atom. The predicted octanol–water partition coefficient (Wildman–Crippen LogP) is 15.4. The lowest BCUT2D eigenvalue weighted by Crippen LogP contribution is -2.17. The molecule has 6 aliphatic rings. The van der Waals surface area contributed by atoms with Crippen molar-refractivity contribution in [1.82, 2.24) is 0 Å². The van der Waals surface area contributed by atoms with Gasteiger partial charge in [0.15, 0.2) is 0 Å². The summed E-state index contributed by atoms with van der Waals surface area (Å²) >= 11 is -3.06. The molecule has 6 heterocycles. The van der Waals surface area contributed by atoms with Crippen LogP contribution in [-0.4, -0.2) is 57.7 Å². The van der Waals surface area contributed by atoms with Gasteiger partial charge in [-0.2, -0.15) is 0 Å². The van der Waals surface area contributed by atoms with Gasteiger partial charge in [-0.3, -0.25) is 0 Å². The number of carbonyl (C=O) groups is 3. The number of thioether (sulfide) groups is 12. The summed E-state index contributed by atoms with van der Waals surface area (Å²) in [5, 5.41) is 13.3. The molecule has 0 fully saturated rings. The first kappa shape index (κ1) is 17.2. The number of carboxylic acid groups (broad SMARTS) is 3. The van der Waals surface area contributed by atoms with Crippen molar-refractivity contribution in [2.45, 2.75) is 165 Å². The Balaban J connectivity index is 1.75. The summed E-state index contributed by atoms with van der Waals surface area (Å²) in [7, 11) is 0. The fourth-order valence-corrected chi connectivity index (χ4v) is 21.8. The normalized spacial score (nSPS) is 35.0. The second-order valence-corrected chi connectivity index (χ2v) is 28.6. The summed E-state index contributed by atoms with van der Waals surface area (Å²) in [6, 6.07) is 0. The van der Waals surface area contributed by atoms with Crippen molar-refractivity contribution in [3.63, 3.8) is 0 Å².